The summed E-state index contributed by atoms with van der Waals surface area (Å²) in [6.45, 7) is 3.90. The van der Waals surface area contributed by atoms with Crippen molar-refractivity contribution in [3.8, 4) is 0 Å². The number of methoxy groups -OCH3 is 1. The number of carbonyl (C=O) groups excluding carboxylic acids is 1. The van der Waals surface area contributed by atoms with Gasteiger partial charge in [0.1, 0.15) is 5.00 Å². The average molecular weight is 535 g/mol. The lowest BCUT2D eigenvalue weighted by atomic mass is 10.1. The fourth-order valence-corrected chi connectivity index (χ4v) is 5.82. The van der Waals surface area contributed by atoms with Gasteiger partial charge in [-0.15, -0.1) is 11.3 Å². The Hall–Kier alpha value is -2.16. The maximum absolute atomic E-state index is 12.4. The molecule has 2 aromatic carbocycles. The highest BCUT2D eigenvalue weighted by molar-refractivity contribution is 7.80. The molecule has 0 saturated carbocycles. The van der Waals surface area contributed by atoms with Gasteiger partial charge in [-0.05, 0) is 36.0 Å². The number of thiocarbonyl (C=S) groups is 1. The number of nitrogens with one attached hydrogen (secondary N) is 1. The molecule has 2 heterocycles. The van der Waals surface area contributed by atoms with Crippen molar-refractivity contribution in [1.29, 1.82) is 0 Å². The van der Waals surface area contributed by atoms with E-state index < -0.39 is 0 Å². The largest absolute Gasteiger partial charge is 0.465 e. The summed E-state index contributed by atoms with van der Waals surface area (Å²) in [6, 6.07) is 17.6. The summed E-state index contributed by atoms with van der Waals surface area (Å²) >= 11 is 19.9. The molecule has 3 aromatic rings. The van der Waals surface area contributed by atoms with Gasteiger partial charge in [0.15, 0.2) is 5.11 Å². The van der Waals surface area contributed by atoms with Crippen LogP contribution in [0.4, 0.5) is 5.00 Å². The first-order chi connectivity index (χ1) is 16.4. The van der Waals surface area contributed by atoms with Gasteiger partial charge < -0.3 is 15.0 Å². The van der Waals surface area contributed by atoms with Crippen molar-refractivity contribution in [1.82, 2.24) is 9.80 Å². The summed E-state index contributed by atoms with van der Waals surface area (Å²) in [6.07, 6.45) is 0.743. The molecular weight excluding hydrogens is 509 g/mol. The second kappa shape index (κ2) is 11.5. The minimum absolute atomic E-state index is 0.373. The van der Waals surface area contributed by atoms with Crippen LogP contribution >= 0.6 is 46.8 Å². The third-order valence-electron chi connectivity index (χ3n) is 5.73. The van der Waals surface area contributed by atoms with E-state index in [4.69, 9.17) is 40.2 Å². The molecule has 0 bridgehead atoms. The number of thiophene rings is 1. The first kappa shape index (κ1) is 24.9. The summed E-state index contributed by atoms with van der Waals surface area (Å²) in [5, 5.41) is 5.99. The fraction of sp³-hybridized carbons (Fsp3) is 0.280. The molecule has 0 spiro atoms. The van der Waals surface area contributed by atoms with E-state index in [1.165, 1.54) is 24.0 Å². The number of nitrogens with zero attached hydrogens (tertiary/aromatic N) is 2. The normalized spacial score (nSPS) is 14.1. The zero-order valence-corrected chi connectivity index (χ0v) is 21.9. The van der Waals surface area contributed by atoms with Crippen LogP contribution in [0.3, 0.4) is 0 Å². The first-order valence-electron chi connectivity index (χ1n) is 10.9. The van der Waals surface area contributed by atoms with Crippen molar-refractivity contribution in [3.05, 3.63) is 86.2 Å². The van der Waals surface area contributed by atoms with Crippen LogP contribution in [0, 0.1) is 0 Å². The van der Waals surface area contributed by atoms with Gasteiger partial charge in [0.2, 0.25) is 0 Å². The molecule has 1 aliphatic heterocycles. The Labute approximate surface area is 219 Å². The topological polar surface area (TPSA) is 44.8 Å². The second-order valence-electron chi connectivity index (χ2n) is 8.00. The Morgan fingerprint density at radius 3 is 2.38 bits per heavy atom. The number of hydrogen-bond acceptors (Lipinski definition) is 5. The molecule has 1 aliphatic rings. The number of esters is 1. The molecule has 1 fully saturated rings. The smallest absolute Gasteiger partial charge is 0.340 e. The molecule has 34 heavy (non-hydrogen) atoms. The van der Waals surface area contributed by atoms with E-state index in [1.54, 1.807) is 0 Å². The predicted molar refractivity (Wildman–Crippen MR) is 144 cm³/mol. The van der Waals surface area contributed by atoms with Crippen molar-refractivity contribution in [2.24, 2.45) is 0 Å². The van der Waals surface area contributed by atoms with E-state index in [-0.39, 0.29) is 5.97 Å². The van der Waals surface area contributed by atoms with Gasteiger partial charge in [0.05, 0.1) is 12.7 Å². The van der Waals surface area contributed by atoms with Crippen LogP contribution in [-0.4, -0.2) is 54.2 Å². The van der Waals surface area contributed by atoms with Gasteiger partial charge in [-0.3, -0.25) is 4.90 Å². The summed E-state index contributed by atoms with van der Waals surface area (Å²) < 4.78 is 5.00. The van der Waals surface area contributed by atoms with Crippen LogP contribution in [0.5, 0.6) is 0 Å². The highest BCUT2D eigenvalue weighted by Gasteiger charge is 2.23. The van der Waals surface area contributed by atoms with Crippen molar-refractivity contribution in [2.45, 2.75) is 13.0 Å². The summed E-state index contributed by atoms with van der Waals surface area (Å²) in [4.78, 5) is 17.9. The van der Waals surface area contributed by atoms with Crippen molar-refractivity contribution in [2.75, 3.05) is 38.6 Å². The quantitative estimate of drug-likeness (QED) is 0.312. The first-order valence-corrected chi connectivity index (χ1v) is 12.9. The van der Waals surface area contributed by atoms with E-state index in [0.717, 1.165) is 43.0 Å². The SMILES string of the molecule is COC(=O)c1cc(Cc2ccccc2)sc1NC(=S)N1CCN(Cc2c(Cl)cccc2Cl)CC1. The Morgan fingerprint density at radius 2 is 1.74 bits per heavy atom. The Morgan fingerprint density at radius 1 is 1.06 bits per heavy atom. The van der Waals surface area contributed by atoms with Crippen LogP contribution in [0.25, 0.3) is 0 Å². The lowest BCUT2D eigenvalue weighted by molar-refractivity contribution is 0.0602. The lowest BCUT2D eigenvalue weighted by Crippen LogP contribution is -2.49. The molecule has 0 atom stereocenters. The average Bonchev–Trinajstić information content (AvgIpc) is 3.24. The van der Waals surface area contributed by atoms with E-state index in [0.29, 0.717) is 32.3 Å². The molecular formula is C25H25Cl2N3O2S2. The monoisotopic (exact) mass is 533 g/mol. The molecule has 1 aromatic heterocycles. The van der Waals surface area contributed by atoms with Crippen molar-refractivity contribution < 1.29 is 9.53 Å². The number of hydrogen-bond donors (Lipinski definition) is 1. The van der Waals surface area contributed by atoms with Gasteiger partial charge in [-0.2, -0.15) is 0 Å². The van der Waals surface area contributed by atoms with Crippen LogP contribution in [0.2, 0.25) is 10.0 Å². The molecule has 0 amide bonds. The Kier molecular flexibility index (Phi) is 8.45. The minimum atomic E-state index is -0.373. The van der Waals surface area contributed by atoms with Crippen molar-refractivity contribution in [3.63, 3.8) is 0 Å². The number of rotatable bonds is 6. The highest BCUT2D eigenvalue weighted by Crippen LogP contribution is 2.31. The predicted octanol–water partition coefficient (Wildman–Crippen LogP) is 5.95. The highest BCUT2D eigenvalue weighted by atomic mass is 35.5. The third kappa shape index (κ3) is 6.09. The molecule has 178 valence electrons. The minimum Gasteiger partial charge on any atom is -0.465 e. The zero-order chi connectivity index (χ0) is 24.1. The standard InChI is InChI=1S/C25H25Cl2N3O2S2/c1-32-24(31)19-15-18(14-17-6-3-2-4-7-17)34-23(19)28-25(33)30-12-10-29(11-13-30)16-20-21(26)8-5-9-22(20)27/h2-9,15H,10-14,16H2,1H3,(H,28,33). The van der Waals surface area contributed by atoms with E-state index in [9.17, 15) is 4.79 Å². The van der Waals surface area contributed by atoms with Gasteiger partial charge in [-0.25, -0.2) is 4.79 Å². The van der Waals surface area contributed by atoms with E-state index in [2.05, 4.69) is 27.2 Å². The molecule has 0 unspecified atom stereocenters. The van der Waals surface area contributed by atoms with Crippen molar-refractivity contribution >= 4 is 62.8 Å². The Bertz CT molecular complexity index is 1140. The number of halogens is 2. The van der Waals surface area contributed by atoms with Crippen LogP contribution < -0.4 is 5.32 Å². The molecule has 0 aliphatic carbocycles. The van der Waals surface area contributed by atoms with Gasteiger partial charge in [0, 0.05) is 59.6 Å². The van der Waals surface area contributed by atoms with E-state index in [1.807, 2.05) is 42.5 Å². The van der Waals surface area contributed by atoms with Gasteiger partial charge in [0.25, 0.3) is 0 Å². The lowest BCUT2D eigenvalue weighted by Gasteiger charge is -2.36. The molecule has 1 N–H and O–H groups in total. The van der Waals surface area contributed by atoms with Crippen LogP contribution in [0.15, 0.2) is 54.6 Å². The molecule has 9 heteroatoms. The van der Waals surface area contributed by atoms with Crippen LogP contribution in [0.1, 0.15) is 26.4 Å². The number of ether oxygens (including phenoxy) is 1. The molecule has 0 radical (unpaired) electrons. The summed E-state index contributed by atoms with van der Waals surface area (Å²) in [7, 11) is 1.39. The molecule has 5 nitrogen and oxygen atoms in total. The number of benzene rings is 2. The van der Waals surface area contributed by atoms with Gasteiger partial charge >= 0.3 is 5.97 Å². The van der Waals surface area contributed by atoms with Crippen LogP contribution in [-0.2, 0) is 17.7 Å². The summed E-state index contributed by atoms with van der Waals surface area (Å²) in [5.74, 6) is -0.373. The Balaban J connectivity index is 1.39. The molecule has 4 rings (SSSR count). The van der Waals surface area contributed by atoms with E-state index >= 15 is 0 Å². The zero-order valence-electron chi connectivity index (χ0n) is 18.7. The number of piperazine rings is 1. The summed E-state index contributed by atoms with van der Waals surface area (Å²) in [5.41, 5.74) is 2.64. The maximum atomic E-state index is 12.4. The third-order valence-corrected chi connectivity index (χ3v) is 7.85. The number of anilines is 1. The maximum Gasteiger partial charge on any atom is 0.340 e. The number of carbonyl (C=O) groups is 1. The molecule has 1 saturated heterocycles. The second-order valence-corrected chi connectivity index (χ2v) is 10.3. The van der Waals surface area contributed by atoms with Gasteiger partial charge in [-0.1, -0.05) is 59.6 Å². The fourth-order valence-electron chi connectivity index (χ4n) is 3.87.